The summed E-state index contributed by atoms with van der Waals surface area (Å²) in [7, 11) is 1.59. The van der Waals surface area contributed by atoms with Crippen LogP contribution >= 0.6 is 0 Å². The maximum atomic E-state index is 13.7. The Balaban J connectivity index is 0.000000246. The lowest BCUT2D eigenvalue weighted by Gasteiger charge is -2.17. The molecular weight excluding hydrogens is 1840 g/mol. The summed E-state index contributed by atoms with van der Waals surface area (Å²) in [6, 6.07) is 35.6. The minimum absolute atomic E-state index is 0.0139. The lowest BCUT2D eigenvalue weighted by Crippen LogP contribution is -2.38. The Morgan fingerprint density at radius 2 is 0.681 bits per heavy atom. The summed E-state index contributed by atoms with van der Waals surface area (Å²) in [5, 5.41) is 11.7. The molecule has 0 saturated heterocycles. The number of carbonyl (C=O) groups excluding carboxylic acids is 8. The third-order valence-electron chi connectivity index (χ3n) is 22.8. The Hall–Kier alpha value is -16.6. The van der Waals surface area contributed by atoms with Crippen LogP contribution in [0.15, 0.2) is 163 Å². The van der Waals surface area contributed by atoms with Crippen LogP contribution in [-0.4, -0.2) is 115 Å². The van der Waals surface area contributed by atoms with Crippen LogP contribution in [0.1, 0.15) is 320 Å². The quantitative estimate of drug-likeness (QED) is 0.00637. The summed E-state index contributed by atoms with van der Waals surface area (Å²) < 4.78 is 16.2. The van der Waals surface area contributed by atoms with Crippen LogP contribution in [-0.2, 0) is 58.4 Å². The van der Waals surface area contributed by atoms with E-state index >= 15 is 0 Å². The summed E-state index contributed by atoms with van der Waals surface area (Å²) in [5.74, 6) is 1.14. The van der Waals surface area contributed by atoms with E-state index in [0.29, 0.717) is 63.9 Å². The number of aromatic nitrogens is 10. The molecule has 5 heterocycles. The van der Waals surface area contributed by atoms with Crippen LogP contribution in [0.4, 0.5) is 0 Å². The number of ether oxygens (including phenoxy) is 2. The van der Waals surface area contributed by atoms with Gasteiger partial charge in [0.2, 0.25) is 47.3 Å². The SMILES string of the molecule is C#Cc1cc(C)cc(C(=O)c2c(C(C)C)c(=O)[nH]c(=O)n2CCCC(=O)NCc2ccc(OC)cc2)c1.C#Cc1cc(C)cc(C(=O)c2c(C(C)C)c(=O)[nH]c(=O)n2CCCC(=O)OCC)c1.Cc1cc(C)cc(C(=O)c2c(C(C)C)c(=O)[nH]c(=O)n2CCC#N)c1.Cc1cc(C)cc(C(=O)c2c(C(C)C)c(=O)[nH]c(=O)n2CCC(N)=O)c1.[C-]#[N+]CCCn1c(C(=O)c2cc(C)cc(C)c2)c(C(C)C)c(=O)[nH]c1=O. The van der Waals surface area contributed by atoms with Crippen LogP contribution in [0.25, 0.3) is 4.85 Å². The molecule has 11 aromatic rings. The van der Waals surface area contributed by atoms with E-state index in [1.54, 1.807) is 142 Å². The molecule has 0 bridgehead atoms. The second-order valence-corrected chi connectivity index (χ2v) is 36.4. The predicted molar refractivity (Wildman–Crippen MR) is 550 cm³/mol. The number of H-pyrrole nitrogens is 5. The van der Waals surface area contributed by atoms with Gasteiger partial charge in [-0.25, -0.2) is 30.5 Å². The Morgan fingerprint density at radius 3 is 0.951 bits per heavy atom. The Bertz CT molecular complexity index is 7510. The van der Waals surface area contributed by atoms with Crippen LogP contribution in [0, 0.1) is 98.0 Å². The molecule has 0 unspecified atom stereocenters. The largest absolute Gasteiger partial charge is 0.497 e. The Labute approximate surface area is 832 Å². The molecule has 6 aromatic carbocycles. The van der Waals surface area contributed by atoms with Crippen molar-refractivity contribution in [2.75, 3.05) is 20.3 Å². The molecule has 11 rings (SSSR count). The normalized spacial score (nSPS) is 10.8. The van der Waals surface area contributed by atoms with Crippen molar-refractivity contribution in [1.82, 2.24) is 53.1 Å². The first-order chi connectivity index (χ1) is 67.9. The molecule has 0 saturated carbocycles. The molecular formula is C110H124N14O20. The highest BCUT2D eigenvalue weighted by atomic mass is 16.5. The van der Waals surface area contributed by atoms with Gasteiger partial charge in [0.25, 0.3) is 27.8 Å². The van der Waals surface area contributed by atoms with Crippen molar-refractivity contribution in [3.8, 4) is 36.5 Å². The van der Waals surface area contributed by atoms with Gasteiger partial charge in [0.05, 0.1) is 26.2 Å². The lowest BCUT2D eigenvalue weighted by atomic mass is 9.95. The number of aryl methyl sites for hydroxylation is 8. The van der Waals surface area contributed by atoms with Gasteiger partial charge in [-0.2, -0.15) is 5.26 Å². The number of hydrogen-bond acceptors (Lipinski definition) is 21. The number of nitrogens with two attached hydrogens (primary N) is 1. The standard InChI is InChI=1S/C29H31N3O5.C23H26N2O5.C20H23N3O3.C19H23N3O4.C19H21N3O3/c1-6-20-14-19(4)15-22(16-20)27(34)26-25(18(2)3)28(35)31-29(36)32(26)13-7-8-24(33)30-17-21-9-11-23(37-5)12-10-21;1-6-16-11-15(5)12-17(13-16)21(27)20-19(14(3)4)22(28)24-23(29)25(20)10-8-9-18(26)30-7-2;1-12(2)16-17(18(24)15-10-13(3)9-14(4)11-15)23(8-6-7-21-5)20(26)22-19(16)25;1-10(2)15-16(17(24)13-8-11(3)7-12(4)9-13)22(6-5-14(20)23)19(26)21-18(15)25;1-11(2)15-16(17(23)14-9-12(3)8-13(4)10-14)22(7-5-6-20)19(25)21-18(15)24/h1,9-12,14-16,18H,7-8,13,17H2,2-5H3,(H,30,33)(H,31,35,36);1,11-14H,7-10H2,2-5H3,(H,24,28,29);9-12H,6-8H2,1-4H3,(H,22,25,26);7-10H,5-6H2,1-4H3,(H2,20,23)(H,21,25,26);8-11H,5,7H2,1-4H3,(H,21,24,25). The first kappa shape index (κ1) is 114. The van der Waals surface area contributed by atoms with E-state index in [1.807, 2.05) is 118 Å². The van der Waals surface area contributed by atoms with Crippen molar-refractivity contribution in [3.63, 3.8) is 0 Å². The van der Waals surface area contributed by atoms with E-state index in [9.17, 15) is 86.3 Å². The number of nitriles is 1. The van der Waals surface area contributed by atoms with E-state index < -0.39 is 79.5 Å². The summed E-state index contributed by atoms with van der Waals surface area (Å²) in [6.45, 7) is 42.6. The average molecular weight is 1960 g/mol. The number of primary amides is 1. The number of ketones is 5. The molecule has 0 aliphatic heterocycles. The van der Waals surface area contributed by atoms with Gasteiger partial charge in [-0.05, 0) is 206 Å². The number of esters is 1. The van der Waals surface area contributed by atoms with Gasteiger partial charge in [-0.15, -0.1) is 12.8 Å². The zero-order valence-electron chi connectivity index (χ0n) is 85.0. The Morgan fingerprint density at radius 1 is 0.403 bits per heavy atom. The van der Waals surface area contributed by atoms with Crippen LogP contribution in [0.3, 0.4) is 0 Å². The predicted octanol–water partition coefficient (Wildman–Crippen LogP) is 12.4. The van der Waals surface area contributed by atoms with E-state index in [0.717, 1.165) is 60.4 Å². The molecule has 34 nitrogen and oxygen atoms in total. The number of amides is 2. The Kier molecular flexibility index (Phi) is 41.8. The average Bonchev–Trinajstić information content (AvgIpc) is 0.790. The van der Waals surface area contributed by atoms with Gasteiger partial charge < -0.3 is 25.4 Å². The highest BCUT2D eigenvalue weighted by Crippen LogP contribution is 2.28. The second-order valence-electron chi connectivity index (χ2n) is 36.4. The molecule has 0 aliphatic carbocycles. The van der Waals surface area contributed by atoms with Crippen molar-refractivity contribution >= 4 is 46.7 Å². The number of rotatable bonds is 35. The number of aromatic amines is 5. The van der Waals surface area contributed by atoms with Crippen molar-refractivity contribution < 1.29 is 47.8 Å². The molecule has 2 amide bonds. The molecule has 754 valence electrons. The van der Waals surface area contributed by atoms with Crippen LogP contribution in [0.2, 0.25) is 0 Å². The number of nitrogens with one attached hydrogen (secondary N) is 6. The van der Waals surface area contributed by atoms with Gasteiger partial charge >= 0.3 is 34.4 Å². The summed E-state index contributed by atoms with van der Waals surface area (Å²) in [6.07, 6.45) is 12.2. The number of nitrogens with zero attached hydrogens (tertiary/aromatic N) is 7. The fraction of sp³-hybridized carbons (Fsp3) is 0.364. The van der Waals surface area contributed by atoms with E-state index in [2.05, 4.69) is 46.9 Å². The van der Waals surface area contributed by atoms with Crippen LogP contribution in [0.5, 0.6) is 5.75 Å². The molecule has 144 heavy (non-hydrogen) atoms. The zero-order valence-corrected chi connectivity index (χ0v) is 85.0. The fourth-order valence-electron chi connectivity index (χ4n) is 16.6. The molecule has 0 aliphatic rings. The van der Waals surface area contributed by atoms with Gasteiger partial charge in [-0.3, -0.25) is 110 Å². The van der Waals surface area contributed by atoms with E-state index in [1.165, 1.54) is 18.3 Å². The summed E-state index contributed by atoms with van der Waals surface area (Å²) in [4.78, 5) is 241. The number of terminal acetylenes is 2. The van der Waals surface area contributed by atoms with Gasteiger partial charge in [-0.1, -0.05) is 145 Å². The maximum absolute atomic E-state index is 13.7. The van der Waals surface area contributed by atoms with Gasteiger partial charge in [0, 0.05) is 132 Å². The highest BCUT2D eigenvalue weighted by Gasteiger charge is 2.32. The summed E-state index contributed by atoms with van der Waals surface area (Å²) in [5.41, 5.74) is 11.4. The molecule has 0 fully saturated rings. The summed E-state index contributed by atoms with van der Waals surface area (Å²) >= 11 is 0. The molecule has 5 aromatic heterocycles. The topological polar surface area (TPSA) is 496 Å². The van der Waals surface area contributed by atoms with Crippen molar-refractivity contribution in [2.24, 2.45) is 5.73 Å². The van der Waals surface area contributed by atoms with Gasteiger partial charge in [0.15, 0.2) is 0 Å². The first-order valence-electron chi connectivity index (χ1n) is 47.0. The molecule has 0 atom stereocenters. The van der Waals surface area contributed by atoms with Crippen molar-refractivity contribution in [2.45, 2.75) is 245 Å². The minimum atomic E-state index is -0.728. The number of hydrogen-bond donors (Lipinski definition) is 7. The zero-order chi connectivity index (χ0) is 107. The second kappa shape index (κ2) is 52.6. The lowest BCUT2D eigenvalue weighted by molar-refractivity contribution is -0.143. The first-order valence-corrected chi connectivity index (χ1v) is 47.0. The third kappa shape index (κ3) is 30.2. The molecule has 0 radical (unpaired) electrons. The smallest absolute Gasteiger partial charge is 0.328 e. The minimum Gasteiger partial charge on any atom is -0.497 e. The van der Waals surface area contributed by atoms with Crippen LogP contribution < -0.4 is 72.0 Å². The van der Waals surface area contributed by atoms with Crippen molar-refractivity contribution in [3.05, 3.63) is 376 Å². The number of methoxy groups -OCH3 is 1. The third-order valence-corrected chi connectivity index (χ3v) is 22.8. The number of benzene rings is 6. The molecule has 8 N–H and O–H groups in total. The van der Waals surface area contributed by atoms with Gasteiger partial charge in [0.1, 0.15) is 34.2 Å². The monoisotopic (exact) mass is 1960 g/mol. The fourth-order valence-corrected chi connectivity index (χ4v) is 16.6. The molecule has 0 spiro atoms. The number of carbonyl (C=O) groups is 8. The molecule has 34 heteroatoms. The maximum Gasteiger partial charge on any atom is 0.328 e. The van der Waals surface area contributed by atoms with E-state index in [4.69, 9.17) is 39.9 Å². The van der Waals surface area contributed by atoms with Crippen molar-refractivity contribution in [1.29, 1.82) is 5.26 Å². The van der Waals surface area contributed by atoms with E-state index in [-0.39, 0.29) is 182 Å². The highest BCUT2D eigenvalue weighted by molar-refractivity contribution is 6.12.